The molecule has 2 unspecified atom stereocenters. The Labute approximate surface area is 296 Å². The second-order valence-corrected chi connectivity index (χ2v) is 19.5. The maximum atomic E-state index is 14.0. The summed E-state index contributed by atoms with van der Waals surface area (Å²) in [5.41, 5.74) is 2.51. The Balaban J connectivity index is 0.954. The average Bonchev–Trinajstić information content (AvgIpc) is 3.26. The zero-order valence-electron chi connectivity index (χ0n) is 32.0. The predicted octanol–water partition coefficient (Wildman–Crippen LogP) is 10.5. The predicted molar refractivity (Wildman–Crippen MR) is 190 cm³/mol. The van der Waals surface area contributed by atoms with E-state index < -0.39 is 17.7 Å². The Bertz CT molecular complexity index is 1370. The lowest BCUT2D eigenvalue weighted by Gasteiger charge is -2.58. The smallest absolute Gasteiger partial charge is 0.373 e. The minimum Gasteiger partial charge on any atom is -0.456 e. The first kappa shape index (κ1) is 34.7. The van der Waals surface area contributed by atoms with E-state index in [4.69, 9.17) is 24.0 Å². The fourth-order valence-corrected chi connectivity index (χ4v) is 13.8. The topological polar surface area (TPSA) is 63.2 Å². The summed E-state index contributed by atoms with van der Waals surface area (Å²) >= 11 is 0. The Morgan fingerprint density at radius 2 is 1.71 bits per heavy atom. The molecule has 3 saturated heterocycles. The number of esters is 1. The van der Waals surface area contributed by atoms with Crippen molar-refractivity contribution in [2.75, 3.05) is 0 Å². The summed E-state index contributed by atoms with van der Waals surface area (Å²) in [6, 6.07) is 0. The van der Waals surface area contributed by atoms with E-state index in [0.717, 1.165) is 86.0 Å². The zero-order valence-corrected chi connectivity index (χ0v) is 32.0. The lowest BCUT2D eigenvalue weighted by Crippen LogP contribution is -2.67. The van der Waals surface area contributed by atoms with Crippen LogP contribution in [0, 0.1) is 64.1 Å². The van der Waals surface area contributed by atoms with Crippen molar-refractivity contribution < 1.29 is 28.8 Å². The molecule has 274 valence electrons. The molecule has 49 heavy (non-hydrogen) atoms. The number of allylic oxidation sites excluding steroid dienone is 1. The molecule has 0 aromatic carbocycles. The van der Waals surface area contributed by atoms with E-state index in [2.05, 4.69) is 47.6 Å². The fraction of sp³-hybridized carbons (Fsp3) is 0.884. The SMILES string of the molecule is CC1=C(C(=O)OC2CC[C@@]3(C)C(=CC[C@H]4[C@@H]5CC[C@H]([C@H](C)CCCC(C)C)[C@@]5(C)CC[C@@H]43)C2)O[C@@H]2OC3(C)CC[C@H]4[C@H](C)CC[C@@H]1[C@@]24OO3. The molecule has 0 aromatic heterocycles. The van der Waals surface area contributed by atoms with Crippen LogP contribution in [0.25, 0.3) is 0 Å². The number of hydrogen-bond acceptors (Lipinski definition) is 6. The van der Waals surface area contributed by atoms with E-state index in [1.165, 1.54) is 51.4 Å². The largest absolute Gasteiger partial charge is 0.456 e. The van der Waals surface area contributed by atoms with E-state index in [0.29, 0.717) is 17.1 Å². The van der Waals surface area contributed by atoms with Gasteiger partial charge in [-0.05, 0) is 136 Å². The van der Waals surface area contributed by atoms with E-state index in [-0.39, 0.29) is 29.3 Å². The van der Waals surface area contributed by atoms with Crippen LogP contribution in [0.4, 0.5) is 0 Å². The number of ether oxygens (including phenoxy) is 3. The molecule has 7 fully saturated rings. The van der Waals surface area contributed by atoms with Crippen LogP contribution in [0.5, 0.6) is 0 Å². The van der Waals surface area contributed by atoms with Gasteiger partial charge in [0.05, 0.1) is 0 Å². The summed E-state index contributed by atoms with van der Waals surface area (Å²) in [4.78, 5) is 26.2. The van der Waals surface area contributed by atoms with Crippen molar-refractivity contribution in [1.29, 1.82) is 0 Å². The first-order valence-electron chi connectivity index (χ1n) is 20.6. The normalized spacial score (nSPS) is 49.2. The van der Waals surface area contributed by atoms with E-state index in [1.807, 2.05) is 13.8 Å². The van der Waals surface area contributed by atoms with Gasteiger partial charge in [0.2, 0.25) is 17.8 Å². The van der Waals surface area contributed by atoms with Gasteiger partial charge < -0.3 is 14.2 Å². The molecule has 0 N–H and O–H groups in total. The molecule has 2 bridgehead atoms. The van der Waals surface area contributed by atoms with Gasteiger partial charge >= 0.3 is 5.97 Å². The third-order valence-corrected chi connectivity index (χ3v) is 16.5. The molecule has 4 saturated carbocycles. The van der Waals surface area contributed by atoms with Crippen molar-refractivity contribution in [1.82, 2.24) is 0 Å². The second kappa shape index (κ2) is 12.4. The Morgan fingerprint density at radius 1 is 0.918 bits per heavy atom. The Kier molecular flexibility index (Phi) is 8.75. The minimum atomic E-state index is -0.863. The molecule has 0 aromatic rings. The maximum Gasteiger partial charge on any atom is 0.373 e. The monoisotopic (exact) mass is 678 g/mol. The van der Waals surface area contributed by atoms with Gasteiger partial charge in [0, 0.05) is 24.7 Å². The quantitative estimate of drug-likeness (QED) is 0.152. The first-order chi connectivity index (χ1) is 23.3. The first-order valence-corrected chi connectivity index (χ1v) is 20.6. The molecule has 6 heteroatoms. The van der Waals surface area contributed by atoms with E-state index >= 15 is 0 Å². The van der Waals surface area contributed by atoms with Crippen molar-refractivity contribution in [3.63, 3.8) is 0 Å². The number of rotatable bonds is 7. The molecule has 4 heterocycles. The molecule has 1 spiro atoms. The summed E-state index contributed by atoms with van der Waals surface area (Å²) in [6.45, 7) is 18.8. The van der Waals surface area contributed by atoms with Crippen LogP contribution in [-0.2, 0) is 28.8 Å². The van der Waals surface area contributed by atoms with Crippen LogP contribution in [0.2, 0.25) is 0 Å². The number of fused-ring (bicyclic) bond motifs is 7. The Morgan fingerprint density at radius 3 is 2.51 bits per heavy atom. The van der Waals surface area contributed by atoms with Crippen molar-refractivity contribution >= 4 is 5.97 Å². The molecule has 0 radical (unpaired) electrons. The molecule has 4 aliphatic heterocycles. The van der Waals surface area contributed by atoms with Gasteiger partial charge in [0.25, 0.3) is 0 Å². The van der Waals surface area contributed by atoms with Gasteiger partial charge in [-0.1, -0.05) is 72.5 Å². The molecular formula is C43H66O6. The summed E-state index contributed by atoms with van der Waals surface area (Å²) in [5.74, 6) is 4.88. The van der Waals surface area contributed by atoms with Gasteiger partial charge in [-0.25, -0.2) is 14.6 Å². The second-order valence-electron chi connectivity index (χ2n) is 19.5. The highest BCUT2D eigenvalue weighted by molar-refractivity contribution is 5.87. The van der Waals surface area contributed by atoms with Gasteiger partial charge in [-0.2, -0.15) is 0 Å². The molecule has 5 aliphatic carbocycles. The van der Waals surface area contributed by atoms with Crippen LogP contribution >= 0.6 is 0 Å². The van der Waals surface area contributed by atoms with Crippen LogP contribution < -0.4 is 0 Å². The molecular weight excluding hydrogens is 612 g/mol. The highest BCUT2D eigenvalue weighted by Gasteiger charge is 2.69. The number of hydrogen-bond donors (Lipinski definition) is 0. The third kappa shape index (κ3) is 5.36. The molecule has 14 atom stereocenters. The zero-order chi connectivity index (χ0) is 34.5. The molecule has 9 aliphatic rings. The highest BCUT2D eigenvalue weighted by atomic mass is 17.3. The standard InChI is InChI=1S/C43H66O6/c1-25(2)10-9-11-26(3)32-16-17-35-31-14-13-29-24-30(18-21-40(29,6)36(31)19-22-41(32,35)7)45-38(44)37-28(5)34-15-12-27(4)33-20-23-42(8)47-39(46-37)43(33,34)49-48-42/h13,25-27,30-36,39H,9-12,14-24H2,1-8H3/t26-,27-,30?,31+,32-,33+,34+,35+,36+,39-,40+,41-,42?,43-/m1/s1. The van der Waals surface area contributed by atoms with E-state index in [1.54, 1.807) is 5.57 Å². The number of carbonyl (C=O) groups is 1. The lowest BCUT2D eigenvalue weighted by molar-refractivity contribution is -0.556. The lowest BCUT2D eigenvalue weighted by atomic mass is 9.47. The van der Waals surface area contributed by atoms with Gasteiger partial charge in [0.1, 0.15) is 6.10 Å². The Hall–Kier alpha value is -1.37. The van der Waals surface area contributed by atoms with Gasteiger partial charge in [-0.3, -0.25) is 0 Å². The number of carbonyl (C=O) groups excluding carboxylic acids is 1. The van der Waals surface area contributed by atoms with Crippen molar-refractivity contribution in [3.8, 4) is 0 Å². The third-order valence-electron chi connectivity index (χ3n) is 16.5. The molecule has 6 nitrogen and oxygen atoms in total. The average molecular weight is 679 g/mol. The van der Waals surface area contributed by atoms with Gasteiger partial charge in [-0.15, -0.1) is 0 Å². The summed E-state index contributed by atoms with van der Waals surface area (Å²) in [7, 11) is 0. The minimum absolute atomic E-state index is 0.0143. The maximum absolute atomic E-state index is 14.0. The fourth-order valence-electron chi connectivity index (χ4n) is 13.8. The van der Waals surface area contributed by atoms with Crippen LogP contribution in [-0.4, -0.2) is 29.8 Å². The van der Waals surface area contributed by atoms with Crippen LogP contribution in [0.1, 0.15) is 152 Å². The highest BCUT2D eigenvalue weighted by Crippen LogP contribution is 2.68. The van der Waals surface area contributed by atoms with Crippen molar-refractivity contribution in [3.05, 3.63) is 23.0 Å². The van der Waals surface area contributed by atoms with E-state index in [9.17, 15) is 4.79 Å². The van der Waals surface area contributed by atoms with Gasteiger partial charge in [0.15, 0.2) is 5.60 Å². The summed E-state index contributed by atoms with van der Waals surface area (Å²) in [6.07, 6.45) is 19.5. The van der Waals surface area contributed by atoms with Crippen LogP contribution in [0.3, 0.4) is 0 Å². The van der Waals surface area contributed by atoms with Crippen LogP contribution in [0.15, 0.2) is 23.0 Å². The van der Waals surface area contributed by atoms with Crippen molar-refractivity contribution in [2.24, 2.45) is 64.1 Å². The van der Waals surface area contributed by atoms with Crippen molar-refractivity contribution in [2.45, 2.75) is 175 Å². The molecule has 0 amide bonds. The summed E-state index contributed by atoms with van der Waals surface area (Å²) < 4.78 is 19.4. The summed E-state index contributed by atoms with van der Waals surface area (Å²) in [5, 5.41) is 0. The molecule has 9 rings (SSSR count).